The molecule has 0 saturated heterocycles. The van der Waals surface area contributed by atoms with Gasteiger partial charge >= 0.3 is 0 Å². The lowest BCUT2D eigenvalue weighted by Crippen LogP contribution is -1.94. The van der Waals surface area contributed by atoms with Crippen LogP contribution in [0.2, 0.25) is 0 Å². The molecule has 0 fully saturated rings. The SMILES string of the molecule is [2H]c1ccnc(Nc2cnn(C)c2)n1. The van der Waals surface area contributed by atoms with Crippen LogP contribution in [0.5, 0.6) is 0 Å². The minimum atomic E-state index is 0.186. The number of nitrogens with one attached hydrogen (secondary N) is 1. The maximum Gasteiger partial charge on any atom is 0.227 e. The van der Waals surface area contributed by atoms with Crippen molar-refractivity contribution in [1.29, 1.82) is 0 Å². The third-order valence-electron chi connectivity index (χ3n) is 1.48. The molecule has 5 nitrogen and oxygen atoms in total. The van der Waals surface area contributed by atoms with Gasteiger partial charge in [0.05, 0.1) is 13.3 Å². The van der Waals surface area contributed by atoms with Gasteiger partial charge in [0.15, 0.2) is 0 Å². The van der Waals surface area contributed by atoms with Crippen LogP contribution in [0.1, 0.15) is 1.37 Å². The monoisotopic (exact) mass is 176 g/mol. The number of aryl methyl sites for hydroxylation is 1. The Bertz CT molecular complexity index is 439. The second kappa shape index (κ2) is 3.22. The van der Waals surface area contributed by atoms with E-state index < -0.39 is 0 Å². The third-order valence-corrected chi connectivity index (χ3v) is 1.48. The van der Waals surface area contributed by atoms with Crippen molar-refractivity contribution in [2.24, 2.45) is 7.05 Å². The van der Waals surface area contributed by atoms with Gasteiger partial charge in [0.25, 0.3) is 0 Å². The van der Waals surface area contributed by atoms with E-state index >= 15 is 0 Å². The van der Waals surface area contributed by atoms with Gasteiger partial charge < -0.3 is 5.32 Å². The van der Waals surface area contributed by atoms with Crippen LogP contribution in [0.4, 0.5) is 11.6 Å². The van der Waals surface area contributed by atoms with Crippen molar-refractivity contribution >= 4 is 11.6 Å². The number of rotatable bonds is 2. The first kappa shape index (κ1) is 6.59. The summed E-state index contributed by atoms with van der Waals surface area (Å²) in [4.78, 5) is 7.85. The van der Waals surface area contributed by atoms with E-state index in [-0.39, 0.29) is 6.17 Å². The van der Waals surface area contributed by atoms with Crippen LogP contribution in [-0.2, 0) is 7.05 Å². The Morgan fingerprint density at radius 2 is 2.46 bits per heavy atom. The van der Waals surface area contributed by atoms with Gasteiger partial charge in [0, 0.05) is 25.6 Å². The largest absolute Gasteiger partial charge is 0.321 e. The van der Waals surface area contributed by atoms with Crippen molar-refractivity contribution in [3.8, 4) is 0 Å². The second-order valence-electron chi connectivity index (χ2n) is 2.54. The number of hydrogen-bond donors (Lipinski definition) is 1. The molecule has 5 heteroatoms. The first-order valence-corrected chi connectivity index (χ1v) is 3.79. The molecule has 0 bridgehead atoms. The van der Waals surface area contributed by atoms with Crippen molar-refractivity contribution in [1.82, 2.24) is 19.7 Å². The van der Waals surface area contributed by atoms with E-state index in [0.717, 1.165) is 5.69 Å². The van der Waals surface area contributed by atoms with E-state index in [0.29, 0.717) is 5.95 Å². The molecule has 2 aromatic rings. The Morgan fingerprint density at radius 3 is 3.15 bits per heavy atom. The van der Waals surface area contributed by atoms with E-state index in [2.05, 4.69) is 20.4 Å². The van der Waals surface area contributed by atoms with Crippen LogP contribution in [0, 0.1) is 0 Å². The fraction of sp³-hybridized carbons (Fsp3) is 0.125. The number of anilines is 2. The Morgan fingerprint density at radius 1 is 1.54 bits per heavy atom. The lowest BCUT2D eigenvalue weighted by Gasteiger charge is -1.98. The van der Waals surface area contributed by atoms with Crippen LogP contribution < -0.4 is 5.32 Å². The summed E-state index contributed by atoms with van der Waals surface area (Å²) in [5.74, 6) is 0.408. The molecule has 2 heterocycles. The molecule has 13 heavy (non-hydrogen) atoms. The lowest BCUT2D eigenvalue weighted by molar-refractivity contribution is 0.768. The zero-order valence-corrected chi connectivity index (χ0v) is 7.10. The Hall–Kier alpha value is -1.91. The van der Waals surface area contributed by atoms with Crippen LogP contribution in [0.15, 0.2) is 30.8 Å². The van der Waals surface area contributed by atoms with Crippen molar-refractivity contribution in [3.05, 3.63) is 30.8 Å². The molecular formula is C8H9N5. The molecule has 2 rings (SSSR count). The van der Waals surface area contributed by atoms with E-state index in [1.807, 2.05) is 7.05 Å². The third kappa shape index (κ3) is 1.81. The predicted molar refractivity (Wildman–Crippen MR) is 48.5 cm³/mol. The highest BCUT2D eigenvalue weighted by molar-refractivity contribution is 5.49. The van der Waals surface area contributed by atoms with Crippen molar-refractivity contribution < 1.29 is 1.37 Å². The quantitative estimate of drug-likeness (QED) is 0.740. The highest BCUT2D eigenvalue weighted by Crippen LogP contribution is 2.08. The van der Waals surface area contributed by atoms with E-state index in [1.165, 1.54) is 12.3 Å². The zero-order valence-electron chi connectivity index (χ0n) is 8.10. The Balaban J connectivity index is 2.18. The van der Waals surface area contributed by atoms with Crippen LogP contribution in [-0.4, -0.2) is 19.7 Å². The van der Waals surface area contributed by atoms with Gasteiger partial charge in [-0.05, 0) is 6.07 Å². The first-order chi connectivity index (χ1) is 6.74. The average Bonchev–Trinajstić information content (AvgIpc) is 2.51. The molecule has 0 atom stereocenters. The molecule has 0 aliphatic heterocycles. The smallest absolute Gasteiger partial charge is 0.227 e. The molecule has 0 aliphatic rings. The number of hydrogen-bond acceptors (Lipinski definition) is 4. The fourth-order valence-corrected chi connectivity index (χ4v) is 0.944. The Labute approximate surface area is 76.9 Å². The molecule has 0 aliphatic carbocycles. The van der Waals surface area contributed by atoms with Gasteiger partial charge in [-0.1, -0.05) is 0 Å². The van der Waals surface area contributed by atoms with E-state index in [9.17, 15) is 0 Å². The standard InChI is InChI=1S/C8H9N5/c1-13-6-7(5-11-13)12-8-9-3-2-4-10-8/h2-6H,1H3,(H,9,10,12)/i3D. The summed E-state index contributed by atoms with van der Waals surface area (Å²) in [5.41, 5.74) is 0.804. The minimum Gasteiger partial charge on any atom is -0.321 e. The zero-order chi connectivity index (χ0) is 9.97. The van der Waals surface area contributed by atoms with Gasteiger partial charge in [0.1, 0.15) is 0 Å². The molecule has 0 unspecified atom stereocenters. The van der Waals surface area contributed by atoms with Crippen LogP contribution in [0.3, 0.4) is 0 Å². The summed E-state index contributed by atoms with van der Waals surface area (Å²) in [6.45, 7) is 0. The average molecular weight is 176 g/mol. The summed E-state index contributed by atoms with van der Waals surface area (Å²) in [5, 5.41) is 6.93. The Kier molecular flexibility index (Phi) is 1.63. The maximum absolute atomic E-state index is 7.29. The molecule has 66 valence electrons. The maximum atomic E-state index is 7.29. The topological polar surface area (TPSA) is 55.6 Å². The summed E-state index contributed by atoms with van der Waals surface area (Å²) in [6.07, 6.45) is 5.19. The first-order valence-electron chi connectivity index (χ1n) is 4.29. The van der Waals surface area contributed by atoms with E-state index in [4.69, 9.17) is 1.37 Å². The van der Waals surface area contributed by atoms with Gasteiger partial charge in [0.2, 0.25) is 5.95 Å². The molecule has 0 radical (unpaired) electrons. The lowest BCUT2D eigenvalue weighted by atomic mass is 10.5. The predicted octanol–water partition coefficient (Wildman–Crippen LogP) is 0.954. The van der Waals surface area contributed by atoms with Crippen molar-refractivity contribution in [3.63, 3.8) is 0 Å². The summed E-state index contributed by atoms with van der Waals surface area (Å²) >= 11 is 0. The highest BCUT2D eigenvalue weighted by atomic mass is 15.3. The molecular weight excluding hydrogens is 166 g/mol. The van der Waals surface area contributed by atoms with Gasteiger partial charge in [-0.2, -0.15) is 5.10 Å². The molecule has 0 aromatic carbocycles. The van der Waals surface area contributed by atoms with Crippen LogP contribution in [0.25, 0.3) is 0 Å². The highest BCUT2D eigenvalue weighted by Gasteiger charge is 1.96. The molecule has 2 aromatic heterocycles. The van der Waals surface area contributed by atoms with E-state index in [1.54, 1.807) is 17.1 Å². The van der Waals surface area contributed by atoms with Gasteiger partial charge in [-0.3, -0.25) is 4.68 Å². The second-order valence-corrected chi connectivity index (χ2v) is 2.54. The molecule has 0 spiro atoms. The summed E-state index contributed by atoms with van der Waals surface area (Å²) < 4.78 is 8.97. The normalized spacial score (nSPS) is 11.0. The van der Waals surface area contributed by atoms with Crippen molar-refractivity contribution in [2.75, 3.05) is 5.32 Å². The van der Waals surface area contributed by atoms with Crippen LogP contribution >= 0.6 is 0 Å². The number of nitrogens with zero attached hydrogens (tertiary/aromatic N) is 4. The van der Waals surface area contributed by atoms with Crippen molar-refractivity contribution in [2.45, 2.75) is 0 Å². The summed E-state index contributed by atoms with van der Waals surface area (Å²) in [6, 6.07) is 1.52. The number of aromatic nitrogens is 4. The minimum absolute atomic E-state index is 0.186. The molecule has 0 saturated carbocycles. The fourth-order valence-electron chi connectivity index (χ4n) is 0.944. The van der Waals surface area contributed by atoms with Gasteiger partial charge in [-0.15, -0.1) is 0 Å². The molecule has 0 amide bonds. The van der Waals surface area contributed by atoms with Gasteiger partial charge in [-0.25, -0.2) is 9.97 Å². The summed E-state index contributed by atoms with van der Waals surface area (Å²) in [7, 11) is 1.83. The molecule has 1 N–H and O–H groups in total.